The van der Waals surface area contributed by atoms with Crippen LogP contribution in [0.1, 0.15) is 43.0 Å². The molecule has 0 aliphatic heterocycles. The van der Waals surface area contributed by atoms with Gasteiger partial charge in [0.25, 0.3) is 0 Å². The molecule has 2 aromatic rings. The maximum Gasteiger partial charge on any atom is 0.195 e. The Hall–Kier alpha value is -0.940. The lowest BCUT2D eigenvalue weighted by Crippen LogP contribution is -1.98. The number of aryl methyl sites for hydroxylation is 2. The van der Waals surface area contributed by atoms with Crippen molar-refractivity contribution in [3.05, 3.63) is 21.3 Å². The first kappa shape index (κ1) is 13.1. The van der Waals surface area contributed by atoms with Crippen molar-refractivity contribution in [1.82, 2.24) is 14.8 Å². The minimum atomic E-state index is 0.737. The van der Waals surface area contributed by atoms with Crippen LogP contribution in [-0.4, -0.2) is 14.8 Å². The molecule has 0 amide bonds. The molecule has 0 saturated heterocycles. The largest absolute Gasteiger partial charge is 0.300 e. The molecule has 5 heteroatoms. The number of nitrogens with zero attached hydrogens (tertiary/aromatic N) is 2. The lowest BCUT2D eigenvalue weighted by atomic mass is 10.1. The summed E-state index contributed by atoms with van der Waals surface area (Å²) >= 11 is 7.22. The lowest BCUT2D eigenvalue weighted by Gasteiger charge is -2.02. The highest BCUT2D eigenvalue weighted by atomic mass is 32.1. The number of hydrogen-bond acceptors (Lipinski definition) is 3. The van der Waals surface area contributed by atoms with Gasteiger partial charge in [0, 0.05) is 11.4 Å². The summed E-state index contributed by atoms with van der Waals surface area (Å²) < 4.78 is 2.86. The molecule has 0 atom stereocenters. The lowest BCUT2D eigenvalue weighted by molar-refractivity contribution is 0.675. The van der Waals surface area contributed by atoms with Gasteiger partial charge in [0.2, 0.25) is 0 Å². The fourth-order valence-electron chi connectivity index (χ4n) is 2.71. The molecule has 0 fully saturated rings. The molecule has 1 aliphatic carbocycles. The SMILES string of the molecule is CCCn1c(-c2cc3c(s2)CCCCC3)n[nH]c1=S. The van der Waals surface area contributed by atoms with E-state index in [1.165, 1.54) is 42.5 Å². The quantitative estimate of drug-likeness (QED) is 0.674. The van der Waals surface area contributed by atoms with Crippen molar-refractivity contribution in [1.29, 1.82) is 0 Å². The summed E-state index contributed by atoms with van der Waals surface area (Å²) in [7, 11) is 0. The monoisotopic (exact) mass is 293 g/mol. The Labute approximate surface area is 122 Å². The van der Waals surface area contributed by atoms with Crippen LogP contribution in [0.2, 0.25) is 0 Å². The van der Waals surface area contributed by atoms with Crippen LogP contribution in [0.25, 0.3) is 10.7 Å². The van der Waals surface area contributed by atoms with Gasteiger partial charge in [-0.1, -0.05) is 13.3 Å². The summed E-state index contributed by atoms with van der Waals surface area (Å²) in [4.78, 5) is 2.83. The van der Waals surface area contributed by atoms with Crippen LogP contribution in [-0.2, 0) is 19.4 Å². The van der Waals surface area contributed by atoms with E-state index in [1.807, 2.05) is 11.3 Å². The van der Waals surface area contributed by atoms with Crippen LogP contribution in [0, 0.1) is 4.77 Å². The Bertz CT molecular complexity index is 597. The van der Waals surface area contributed by atoms with Gasteiger partial charge in [-0.2, -0.15) is 5.10 Å². The highest BCUT2D eigenvalue weighted by molar-refractivity contribution is 7.71. The highest BCUT2D eigenvalue weighted by Crippen LogP contribution is 2.34. The van der Waals surface area contributed by atoms with Gasteiger partial charge >= 0.3 is 0 Å². The fraction of sp³-hybridized carbons (Fsp3) is 0.571. The van der Waals surface area contributed by atoms with Crippen molar-refractivity contribution in [3.63, 3.8) is 0 Å². The molecule has 2 aromatic heterocycles. The zero-order valence-electron chi connectivity index (χ0n) is 11.2. The molecule has 0 radical (unpaired) electrons. The summed E-state index contributed by atoms with van der Waals surface area (Å²) in [5.74, 6) is 1.02. The summed E-state index contributed by atoms with van der Waals surface area (Å²) in [5, 5.41) is 7.36. The van der Waals surface area contributed by atoms with Crippen molar-refractivity contribution >= 4 is 23.6 Å². The van der Waals surface area contributed by atoms with Crippen LogP contribution < -0.4 is 0 Å². The van der Waals surface area contributed by atoms with Crippen molar-refractivity contribution in [3.8, 4) is 10.7 Å². The Morgan fingerprint density at radius 1 is 1.37 bits per heavy atom. The first-order valence-corrected chi connectivity index (χ1v) is 8.29. The van der Waals surface area contributed by atoms with Crippen molar-refractivity contribution in [2.75, 3.05) is 0 Å². The van der Waals surface area contributed by atoms with E-state index in [1.54, 1.807) is 4.88 Å². The van der Waals surface area contributed by atoms with E-state index in [2.05, 4.69) is 27.8 Å². The number of rotatable bonds is 3. The van der Waals surface area contributed by atoms with Gasteiger partial charge in [0.15, 0.2) is 10.6 Å². The van der Waals surface area contributed by atoms with E-state index < -0.39 is 0 Å². The second kappa shape index (κ2) is 5.59. The zero-order valence-corrected chi connectivity index (χ0v) is 12.9. The van der Waals surface area contributed by atoms with E-state index in [0.717, 1.165) is 23.6 Å². The molecule has 3 nitrogen and oxygen atoms in total. The minimum Gasteiger partial charge on any atom is -0.300 e. The fourth-order valence-corrected chi connectivity index (χ4v) is 4.19. The molecule has 2 heterocycles. The molecule has 1 N–H and O–H groups in total. The smallest absolute Gasteiger partial charge is 0.195 e. The average molecular weight is 293 g/mol. The number of fused-ring (bicyclic) bond motifs is 1. The van der Waals surface area contributed by atoms with Crippen LogP contribution >= 0.6 is 23.6 Å². The van der Waals surface area contributed by atoms with E-state index in [4.69, 9.17) is 12.2 Å². The van der Waals surface area contributed by atoms with Crippen LogP contribution in [0.3, 0.4) is 0 Å². The molecule has 1 aliphatic rings. The number of aromatic nitrogens is 3. The Kier molecular flexibility index (Phi) is 3.84. The Balaban J connectivity index is 2.01. The Morgan fingerprint density at radius 2 is 2.21 bits per heavy atom. The number of thiophene rings is 1. The third-order valence-electron chi connectivity index (χ3n) is 3.67. The summed E-state index contributed by atoms with van der Waals surface area (Å²) in [6, 6.07) is 2.34. The van der Waals surface area contributed by atoms with Gasteiger partial charge < -0.3 is 0 Å². The Morgan fingerprint density at radius 3 is 3.05 bits per heavy atom. The minimum absolute atomic E-state index is 0.737. The summed E-state index contributed by atoms with van der Waals surface area (Å²) in [5.41, 5.74) is 1.54. The maximum atomic E-state index is 5.32. The standard InChI is InChI=1S/C14H19N3S2/c1-2-8-17-13(15-16-14(17)18)12-9-10-6-4-3-5-7-11(10)19-12/h9H,2-8H2,1H3,(H,16,18). The highest BCUT2D eigenvalue weighted by Gasteiger charge is 2.16. The predicted molar refractivity (Wildman–Crippen MR) is 82.3 cm³/mol. The predicted octanol–water partition coefficient (Wildman–Crippen LogP) is 4.35. The first-order valence-electron chi connectivity index (χ1n) is 7.06. The molecular formula is C14H19N3S2. The summed E-state index contributed by atoms with van der Waals surface area (Å²) in [6.07, 6.45) is 7.56. The van der Waals surface area contributed by atoms with Gasteiger partial charge in [0.1, 0.15) is 0 Å². The maximum absolute atomic E-state index is 5.32. The average Bonchev–Trinajstić information content (AvgIpc) is 2.89. The van der Waals surface area contributed by atoms with E-state index in [0.29, 0.717) is 0 Å². The van der Waals surface area contributed by atoms with Crippen molar-refractivity contribution in [2.45, 2.75) is 52.0 Å². The molecule has 0 spiro atoms. The number of hydrogen-bond donors (Lipinski definition) is 1. The van der Waals surface area contributed by atoms with E-state index >= 15 is 0 Å². The molecule has 102 valence electrons. The third kappa shape index (κ3) is 2.54. The van der Waals surface area contributed by atoms with E-state index in [9.17, 15) is 0 Å². The molecule has 0 saturated carbocycles. The summed E-state index contributed by atoms with van der Waals surface area (Å²) in [6.45, 7) is 3.11. The zero-order chi connectivity index (χ0) is 13.2. The molecule has 19 heavy (non-hydrogen) atoms. The van der Waals surface area contributed by atoms with Gasteiger partial charge in [-0.3, -0.25) is 9.67 Å². The molecule has 0 unspecified atom stereocenters. The normalized spacial score (nSPS) is 15.2. The van der Waals surface area contributed by atoms with Crippen molar-refractivity contribution < 1.29 is 0 Å². The van der Waals surface area contributed by atoms with Crippen molar-refractivity contribution in [2.24, 2.45) is 0 Å². The third-order valence-corrected chi connectivity index (χ3v) is 5.22. The molecular weight excluding hydrogens is 274 g/mol. The van der Waals surface area contributed by atoms with Gasteiger partial charge in [0.05, 0.1) is 4.88 Å². The molecule has 0 aromatic carbocycles. The molecule has 0 bridgehead atoms. The van der Waals surface area contributed by atoms with Crippen LogP contribution in [0.5, 0.6) is 0 Å². The number of aromatic amines is 1. The van der Waals surface area contributed by atoms with Crippen LogP contribution in [0.15, 0.2) is 6.07 Å². The number of nitrogens with one attached hydrogen (secondary N) is 1. The van der Waals surface area contributed by atoms with Crippen LogP contribution in [0.4, 0.5) is 0 Å². The van der Waals surface area contributed by atoms with Gasteiger partial charge in [-0.05, 0) is 56.0 Å². The second-order valence-corrected chi connectivity index (χ2v) is 6.65. The molecule has 3 rings (SSSR count). The topological polar surface area (TPSA) is 33.6 Å². The van der Waals surface area contributed by atoms with E-state index in [-0.39, 0.29) is 0 Å². The second-order valence-electron chi connectivity index (χ2n) is 5.12. The first-order chi connectivity index (χ1) is 9.29. The number of H-pyrrole nitrogens is 1. The van der Waals surface area contributed by atoms with Gasteiger partial charge in [-0.25, -0.2) is 0 Å². The van der Waals surface area contributed by atoms with Gasteiger partial charge in [-0.15, -0.1) is 11.3 Å².